The van der Waals surface area contributed by atoms with Gasteiger partial charge in [-0.25, -0.2) is 0 Å². The molecule has 1 saturated carbocycles. The van der Waals surface area contributed by atoms with E-state index >= 15 is 0 Å². The van der Waals surface area contributed by atoms with Crippen LogP contribution in [-0.2, 0) is 0 Å². The zero-order valence-corrected chi connectivity index (χ0v) is 8.95. The molecule has 0 amide bonds. The van der Waals surface area contributed by atoms with E-state index < -0.39 is 0 Å². The van der Waals surface area contributed by atoms with E-state index in [2.05, 4.69) is 11.1 Å². The summed E-state index contributed by atoms with van der Waals surface area (Å²) in [5, 5.41) is 0. The number of anilines is 1. The average molecular weight is 192 g/mol. The quantitative estimate of drug-likeness (QED) is 0.732. The van der Waals surface area contributed by atoms with Gasteiger partial charge in [0, 0.05) is 20.2 Å². The molecule has 0 aliphatic heterocycles. The Morgan fingerprint density at radius 3 is 2.71 bits per heavy atom. The maximum Gasteiger partial charge on any atom is 0.142 e. The molecule has 0 unspecified atom stereocenters. The molecule has 0 saturated heterocycles. The first-order chi connectivity index (χ1) is 6.66. The van der Waals surface area contributed by atoms with Crippen molar-refractivity contribution in [3.05, 3.63) is 18.0 Å². The fourth-order valence-corrected chi connectivity index (χ4v) is 1.23. The third-order valence-electron chi connectivity index (χ3n) is 2.36. The lowest BCUT2D eigenvalue weighted by atomic mass is 10.3. The molecule has 3 nitrogen and oxygen atoms in total. The summed E-state index contributed by atoms with van der Waals surface area (Å²) in [4.78, 5) is 6.35. The third kappa shape index (κ3) is 1.97. The van der Waals surface area contributed by atoms with Gasteiger partial charge in [-0.1, -0.05) is 0 Å². The third-order valence-corrected chi connectivity index (χ3v) is 2.36. The van der Waals surface area contributed by atoms with Gasteiger partial charge in [-0.2, -0.15) is 0 Å². The van der Waals surface area contributed by atoms with E-state index in [-0.39, 0.29) is 0 Å². The number of pyridine rings is 1. The summed E-state index contributed by atoms with van der Waals surface area (Å²) in [5.41, 5.74) is 2.06. The number of rotatable bonds is 3. The van der Waals surface area contributed by atoms with Crippen molar-refractivity contribution in [1.82, 2.24) is 4.98 Å². The van der Waals surface area contributed by atoms with Crippen molar-refractivity contribution in [3.8, 4) is 5.75 Å². The highest BCUT2D eigenvalue weighted by Gasteiger charge is 2.24. The molecule has 1 heterocycles. The van der Waals surface area contributed by atoms with Crippen LogP contribution in [0.2, 0.25) is 0 Å². The molecule has 1 fully saturated rings. The van der Waals surface area contributed by atoms with E-state index in [1.807, 2.05) is 32.1 Å². The van der Waals surface area contributed by atoms with Crippen molar-refractivity contribution < 1.29 is 4.74 Å². The first-order valence-electron chi connectivity index (χ1n) is 4.97. The Bertz CT molecular complexity index is 332. The molecule has 0 bridgehead atoms. The molecule has 0 radical (unpaired) electrons. The van der Waals surface area contributed by atoms with E-state index in [1.165, 1.54) is 12.8 Å². The first-order valence-corrected chi connectivity index (χ1v) is 4.97. The molecule has 1 aromatic heterocycles. The molecule has 1 aromatic rings. The van der Waals surface area contributed by atoms with E-state index in [4.69, 9.17) is 4.74 Å². The largest absolute Gasteiger partial charge is 0.488 e. The van der Waals surface area contributed by atoms with Gasteiger partial charge in [0.05, 0.1) is 23.7 Å². The Labute approximate surface area is 84.7 Å². The summed E-state index contributed by atoms with van der Waals surface area (Å²) in [5.74, 6) is 0.929. The van der Waals surface area contributed by atoms with Crippen molar-refractivity contribution in [2.24, 2.45) is 0 Å². The van der Waals surface area contributed by atoms with E-state index in [9.17, 15) is 0 Å². The van der Waals surface area contributed by atoms with Gasteiger partial charge < -0.3 is 9.64 Å². The second-order valence-electron chi connectivity index (χ2n) is 3.99. The average Bonchev–Trinajstić information content (AvgIpc) is 2.92. The molecular formula is C11H16N2O. The van der Waals surface area contributed by atoms with Crippen LogP contribution in [-0.4, -0.2) is 25.2 Å². The summed E-state index contributed by atoms with van der Waals surface area (Å²) in [6.07, 6.45) is 4.68. The van der Waals surface area contributed by atoms with Crippen molar-refractivity contribution in [1.29, 1.82) is 0 Å². The normalized spacial score (nSPS) is 15.4. The number of hydrogen-bond donors (Lipinski definition) is 0. The second kappa shape index (κ2) is 3.48. The maximum atomic E-state index is 5.76. The van der Waals surface area contributed by atoms with Crippen LogP contribution in [0.4, 0.5) is 5.69 Å². The van der Waals surface area contributed by atoms with Crippen LogP contribution in [0, 0.1) is 6.92 Å². The Kier molecular flexibility index (Phi) is 2.32. The zero-order chi connectivity index (χ0) is 10.1. The molecular weight excluding hydrogens is 176 g/mol. The number of hydrogen-bond acceptors (Lipinski definition) is 3. The fourth-order valence-electron chi connectivity index (χ4n) is 1.23. The van der Waals surface area contributed by atoms with Gasteiger partial charge in [0.15, 0.2) is 0 Å². The Balaban J connectivity index is 2.21. The van der Waals surface area contributed by atoms with Crippen LogP contribution in [0.15, 0.2) is 12.3 Å². The lowest BCUT2D eigenvalue weighted by Gasteiger charge is -2.14. The van der Waals surface area contributed by atoms with Gasteiger partial charge in [0.25, 0.3) is 0 Å². The smallest absolute Gasteiger partial charge is 0.142 e. The highest BCUT2D eigenvalue weighted by molar-refractivity contribution is 5.49. The van der Waals surface area contributed by atoms with Crippen LogP contribution in [0.1, 0.15) is 18.5 Å². The minimum atomic E-state index is 0.438. The van der Waals surface area contributed by atoms with E-state index in [1.54, 1.807) is 0 Å². The second-order valence-corrected chi connectivity index (χ2v) is 3.99. The van der Waals surface area contributed by atoms with Gasteiger partial charge >= 0.3 is 0 Å². The summed E-state index contributed by atoms with van der Waals surface area (Å²) >= 11 is 0. The molecule has 1 aliphatic carbocycles. The SMILES string of the molecule is Cc1ncc(N(C)C)cc1OC1CC1. The minimum absolute atomic E-state index is 0.438. The first kappa shape index (κ1) is 9.31. The predicted octanol–water partition coefficient (Wildman–Crippen LogP) is 2.00. The summed E-state index contributed by atoms with van der Waals surface area (Å²) in [7, 11) is 4.01. The minimum Gasteiger partial charge on any atom is -0.488 e. The van der Waals surface area contributed by atoms with Crippen LogP contribution in [0.5, 0.6) is 5.75 Å². The molecule has 0 atom stereocenters. The Morgan fingerprint density at radius 1 is 1.43 bits per heavy atom. The van der Waals surface area contributed by atoms with Gasteiger partial charge in [0.2, 0.25) is 0 Å². The van der Waals surface area contributed by atoms with Crippen LogP contribution in [0.25, 0.3) is 0 Å². The summed E-state index contributed by atoms with van der Waals surface area (Å²) in [6.45, 7) is 1.98. The Morgan fingerprint density at radius 2 is 2.14 bits per heavy atom. The van der Waals surface area contributed by atoms with Crippen LogP contribution < -0.4 is 9.64 Å². The van der Waals surface area contributed by atoms with Crippen LogP contribution >= 0.6 is 0 Å². The lowest BCUT2D eigenvalue weighted by Crippen LogP contribution is -2.10. The molecule has 0 N–H and O–H groups in total. The summed E-state index contributed by atoms with van der Waals surface area (Å²) < 4.78 is 5.76. The van der Waals surface area contributed by atoms with E-state index in [0.29, 0.717) is 6.10 Å². The van der Waals surface area contributed by atoms with Gasteiger partial charge in [0.1, 0.15) is 5.75 Å². The highest BCUT2D eigenvalue weighted by Crippen LogP contribution is 2.30. The zero-order valence-electron chi connectivity index (χ0n) is 8.95. The molecule has 3 heteroatoms. The number of aryl methyl sites for hydroxylation is 1. The highest BCUT2D eigenvalue weighted by atomic mass is 16.5. The molecule has 14 heavy (non-hydrogen) atoms. The maximum absolute atomic E-state index is 5.76. The van der Waals surface area contributed by atoms with Gasteiger partial charge in [-0.3, -0.25) is 4.98 Å². The molecule has 0 aromatic carbocycles. The monoisotopic (exact) mass is 192 g/mol. The number of ether oxygens (including phenoxy) is 1. The van der Waals surface area contributed by atoms with Gasteiger partial charge in [-0.05, 0) is 19.8 Å². The van der Waals surface area contributed by atoms with Crippen molar-refractivity contribution in [2.75, 3.05) is 19.0 Å². The van der Waals surface area contributed by atoms with E-state index in [0.717, 1.165) is 17.1 Å². The molecule has 1 aliphatic rings. The predicted molar refractivity (Wildman–Crippen MR) is 57.0 cm³/mol. The molecule has 2 rings (SSSR count). The number of nitrogens with zero attached hydrogens (tertiary/aromatic N) is 2. The van der Waals surface area contributed by atoms with Crippen molar-refractivity contribution >= 4 is 5.69 Å². The standard InChI is InChI=1S/C11H16N2O/c1-8-11(14-10-4-5-10)6-9(7-12-8)13(2)3/h6-7,10H,4-5H2,1-3H3. The Hall–Kier alpha value is -1.25. The fraction of sp³-hybridized carbons (Fsp3) is 0.545. The lowest BCUT2D eigenvalue weighted by molar-refractivity contribution is 0.299. The molecule has 76 valence electrons. The van der Waals surface area contributed by atoms with Crippen molar-refractivity contribution in [2.45, 2.75) is 25.9 Å². The van der Waals surface area contributed by atoms with Gasteiger partial charge in [-0.15, -0.1) is 0 Å². The van der Waals surface area contributed by atoms with Crippen LogP contribution in [0.3, 0.4) is 0 Å². The topological polar surface area (TPSA) is 25.4 Å². The summed E-state index contributed by atoms with van der Waals surface area (Å²) in [6, 6.07) is 2.06. The van der Waals surface area contributed by atoms with Crippen molar-refractivity contribution in [3.63, 3.8) is 0 Å². The number of aromatic nitrogens is 1. The molecule has 0 spiro atoms.